The fraction of sp³-hybridized carbons (Fsp3) is 0.714. The van der Waals surface area contributed by atoms with E-state index in [4.69, 9.17) is 16.6 Å². The van der Waals surface area contributed by atoms with Crippen molar-refractivity contribution in [2.75, 3.05) is 6.54 Å². The van der Waals surface area contributed by atoms with Crippen molar-refractivity contribution in [1.82, 2.24) is 0 Å². The fourth-order valence-corrected chi connectivity index (χ4v) is 0.778. The highest BCUT2D eigenvalue weighted by Gasteiger charge is 2.32. The zero-order valence-corrected chi connectivity index (χ0v) is 6.82. The van der Waals surface area contributed by atoms with Crippen LogP contribution in [0.15, 0.2) is 0 Å². The van der Waals surface area contributed by atoms with Gasteiger partial charge in [0.1, 0.15) is 0 Å². The van der Waals surface area contributed by atoms with Gasteiger partial charge in [-0.2, -0.15) is 0 Å². The molecule has 0 aromatic rings. The number of hydrogen-bond donors (Lipinski definition) is 3. The fourth-order valence-electron chi connectivity index (χ4n) is 0.778. The second-order valence-electron chi connectivity index (χ2n) is 2.71. The standard InChI is InChI=1S/C7H14N2O3/c8-4-2-1-3-7(9,5-10)6(11)12/h5H,1-4,8-9H2,(H,11,12). The minimum atomic E-state index is -1.73. The van der Waals surface area contributed by atoms with Gasteiger partial charge in [-0.25, -0.2) is 4.79 Å². The number of rotatable bonds is 6. The Labute approximate surface area is 70.7 Å². The smallest absolute Gasteiger partial charge is 0.331 e. The molecule has 0 rings (SSSR count). The maximum absolute atomic E-state index is 10.5. The average molecular weight is 174 g/mol. The predicted octanol–water partition coefficient (Wildman–Crippen LogP) is -0.904. The van der Waals surface area contributed by atoms with E-state index < -0.39 is 11.5 Å². The Morgan fingerprint density at radius 3 is 2.42 bits per heavy atom. The molecule has 0 radical (unpaired) electrons. The molecule has 0 saturated heterocycles. The molecule has 70 valence electrons. The summed E-state index contributed by atoms with van der Waals surface area (Å²) in [6.45, 7) is 0.481. The molecule has 5 heteroatoms. The number of carbonyl (C=O) groups is 2. The first-order valence-corrected chi connectivity index (χ1v) is 3.75. The van der Waals surface area contributed by atoms with Crippen LogP contribution in [0.5, 0.6) is 0 Å². The summed E-state index contributed by atoms with van der Waals surface area (Å²) in [6.07, 6.45) is 1.65. The average Bonchev–Trinajstić information content (AvgIpc) is 2.04. The number of carbonyl (C=O) groups excluding carboxylic acids is 1. The van der Waals surface area contributed by atoms with Gasteiger partial charge in [-0.3, -0.25) is 0 Å². The van der Waals surface area contributed by atoms with Crippen LogP contribution in [0.1, 0.15) is 19.3 Å². The molecule has 1 unspecified atom stereocenters. The highest BCUT2D eigenvalue weighted by molar-refractivity contribution is 5.96. The Morgan fingerprint density at radius 2 is 2.08 bits per heavy atom. The van der Waals surface area contributed by atoms with E-state index in [0.29, 0.717) is 19.4 Å². The Kier molecular flexibility index (Phi) is 4.46. The first-order valence-electron chi connectivity index (χ1n) is 3.75. The van der Waals surface area contributed by atoms with Gasteiger partial charge in [-0.15, -0.1) is 0 Å². The van der Waals surface area contributed by atoms with Crippen LogP contribution in [0.25, 0.3) is 0 Å². The summed E-state index contributed by atoms with van der Waals surface area (Å²) in [5.74, 6) is -1.28. The lowest BCUT2D eigenvalue weighted by Gasteiger charge is -2.16. The summed E-state index contributed by atoms with van der Waals surface area (Å²) in [6, 6.07) is 0. The van der Waals surface area contributed by atoms with Crippen LogP contribution in [-0.4, -0.2) is 29.4 Å². The van der Waals surface area contributed by atoms with Crippen molar-refractivity contribution >= 4 is 12.3 Å². The molecule has 0 spiro atoms. The van der Waals surface area contributed by atoms with Gasteiger partial charge in [-0.05, 0) is 25.8 Å². The third kappa shape index (κ3) is 2.98. The second kappa shape index (κ2) is 4.84. The third-order valence-electron chi connectivity index (χ3n) is 1.65. The molecule has 0 aliphatic heterocycles. The van der Waals surface area contributed by atoms with Gasteiger partial charge in [0.05, 0.1) is 0 Å². The number of carboxylic acid groups (broad SMARTS) is 1. The number of hydrogen-bond acceptors (Lipinski definition) is 4. The Morgan fingerprint density at radius 1 is 1.50 bits per heavy atom. The van der Waals surface area contributed by atoms with E-state index in [1.165, 1.54) is 0 Å². The lowest BCUT2D eigenvalue weighted by Crippen LogP contribution is -2.49. The number of carboxylic acids is 1. The molecule has 0 bridgehead atoms. The molecule has 5 N–H and O–H groups in total. The van der Waals surface area contributed by atoms with E-state index in [9.17, 15) is 9.59 Å². The molecular formula is C7H14N2O3. The van der Waals surface area contributed by atoms with Crippen molar-refractivity contribution in [3.63, 3.8) is 0 Å². The Hall–Kier alpha value is -0.940. The normalized spacial score (nSPS) is 15.2. The molecular weight excluding hydrogens is 160 g/mol. The molecule has 0 saturated carbocycles. The largest absolute Gasteiger partial charge is 0.480 e. The summed E-state index contributed by atoms with van der Waals surface area (Å²) in [7, 11) is 0. The predicted molar refractivity (Wildman–Crippen MR) is 43.5 cm³/mol. The molecule has 0 fully saturated rings. The molecule has 12 heavy (non-hydrogen) atoms. The molecule has 5 nitrogen and oxygen atoms in total. The van der Waals surface area contributed by atoms with Gasteiger partial charge in [0, 0.05) is 0 Å². The van der Waals surface area contributed by atoms with Crippen molar-refractivity contribution in [3.8, 4) is 0 Å². The van der Waals surface area contributed by atoms with Gasteiger partial charge in [0.15, 0.2) is 11.8 Å². The topological polar surface area (TPSA) is 106 Å². The Balaban J connectivity index is 3.97. The van der Waals surface area contributed by atoms with E-state index in [1.807, 2.05) is 0 Å². The van der Waals surface area contributed by atoms with Crippen LogP contribution >= 0.6 is 0 Å². The van der Waals surface area contributed by atoms with Crippen LogP contribution in [-0.2, 0) is 9.59 Å². The summed E-state index contributed by atoms with van der Waals surface area (Å²) >= 11 is 0. The monoisotopic (exact) mass is 174 g/mol. The van der Waals surface area contributed by atoms with Crippen molar-refractivity contribution in [1.29, 1.82) is 0 Å². The maximum atomic E-state index is 10.5. The molecule has 0 aromatic carbocycles. The summed E-state index contributed by atoms with van der Waals surface area (Å²) in [4.78, 5) is 20.8. The zero-order chi connectivity index (χ0) is 9.61. The van der Waals surface area contributed by atoms with Gasteiger partial charge >= 0.3 is 5.97 Å². The van der Waals surface area contributed by atoms with Crippen LogP contribution in [0.3, 0.4) is 0 Å². The van der Waals surface area contributed by atoms with E-state index in [0.717, 1.165) is 0 Å². The van der Waals surface area contributed by atoms with Crippen molar-refractivity contribution < 1.29 is 14.7 Å². The van der Waals surface area contributed by atoms with Crippen LogP contribution in [0.2, 0.25) is 0 Å². The summed E-state index contributed by atoms with van der Waals surface area (Å²) < 4.78 is 0. The zero-order valence-electron chi connectivity index (χ0n) is 6.82. The molecule has 0 amide bonds. The van der Waals surface area contributed by atoms with Gasteiger partial charge < -0.3 is 21.4 Å². The lowest BCUT2D eigenvalue weighted by atomic mass is 9.96. The minimum Gasteiger partial charge on any atom is -0.480 e. The van der Waals surface area contributed by atoms with E-state index in [-0.39, 0.29) is 12.7 Å². The van der Waals surface area contributed by atoms with Crippen molar-refractivity contribution in [2.45, 2.75) is 24.8 Å². The lowest BCUT2D eigenvalue weighted by molar-refractivity contribution is -0.145. The van der Waals surface area contributed by atoms with Gasteiger partial charge in [-0.1, -0.05) is 0 Å². The quantitative estimate of drug-likeness (QED) is 0.275. The first kappa shape index (κ1) is 11.1. The number of aliphatic carboxylic acids is 1. The van der Waals surface area contributed by atoms with E-state index >= 15 is 0 Å². The van der Waals surface area contributed by atoms with Crippen LogP contribution in [0.4, 0.5) is 0 Å². The Bertz CT molecular complexity index is 172. The number of aldehydes is 1. The minimum absolute atomic E-state index is 0.142. The summed E-state index contributed by atoms with van der Waals surface area (Å²) in [5.41, 5.74) is 8.74. The third-order valence-corrected chi connectivity index (χ3v) is 1.65. The molecule has 1 atom stereocenters. The van der Waals surface area contributed by atoms with E-state index in [1.54, 1.807) is 0 Å². The van der Waals surface area contributed by atoms with Crippen molar-refractivity contribution in [2.24, 2.45) is 11.5 Å². The maximum Gasteiger partial charge on any atom is 0.331 e. The molecule has 0 aromatic heterocycles. The van der Waals surface area contributed by atoms with Gasteiger partial charge in [0.25, 0.3) is 0 Å². The first-order chi connectivity index (χ1) is 5.56. The van der Waals surface area contributed by atoms with Crippen molar-refractivity contribution in [3.05, 3.63) is 0 Å². The van der Waals surface area contributed by atoms with Crippen LogP contribution in [0, 0.1) is 0 Å². The molecule has 0 aliphatic rings. The highest BCUT2D eigenvalue weighted by atomic mass is 16.4. The van der Waals surface area contributed by atoms with E-state index in [2.05, 4.69) is 0 Å². The van der Waals surface area contributed by atoms with Crippen LogP contribution < -0.4 is 11.5 Å². The number of unbranched alkanes of at least 4 members (excludes halogenated alkanes) is 1. The molecule has 0 aliphatic carbocycles. The summed E-state index contributed by atoms with van der Waals surface area (Å²) in [5, 5.41) is 8.54. The second-order valence-corrected chi connectivity index (χ2v) is 2.71. The molecule has 0 heterocycles. The highest BCUT2D eigenvalue weighted by Crippen LogP contribution is 2.08. The van der Waals surface area contributed by atoms with Gasteiger partial charge in [0.2, 0.25) is 0 Å². The SMILES string of the molecule is NCCCCC(N)(C=O)C(=O)O. The number of nitrogens with two attached hydrogens (primary N) is 2.